The Hall–Kier alpha value is -4.05. The Morgan fingerprint density at radius 2 is 1.97 bits per heavy atom. The number of carbonyl (C=O) groups excluding carboxylic acids is 2. The zero-order valence-corrected chi connectivity index (χ0v) is 20.9. The van der Waals surface area contributed by atoms with E-state index < -0.39 is 23.3 Å². The first-order valence-corrected chi connectivity index (χ1v) is 11.8. The van der Waals surface area contributed by atoms with Crippen molar-refractivity contribution in [2.45, 2.75) is 40.3 Å². The monoisotopic (exact) mass is 508 g/mol. The van der Waals surface area contributed by atoms with Crippen molar-refractivity contribution in [2.75, 3.05) is 0 Å². The summed E-state index contributed by atoms with van der Waals surface area (Å²) in [6.07, 6.45) is 1.45. The van der Waals surface area contributed by atoms with Crippen LogP contribution in [0.25, 0.3) is 21.9 Å². The number of H-pyrrole nitrogens is 1. The molecular weight excluding hydrogens is 484 g/mol. The Kier molecular flexibility index (Phi) is 6.89. The second-order valence-electron chi connectivity index (χ2n) is 8.73. The highest BCUT2D eigenvalue weighted by Gasteiger charge is 2.27. The predicted molar refractivity (Wildman–Crippen MR) is 137 cm³/mol. The van der Waals surface area contributed by atoms with Crippen LogP contribution in [0.1, 0.15) is 36.8 Å². The quantitative estimate of drug-likeness (QED) is 0.325. The lowest BCUT2D eigenvalue weighted by atomic mass is 10.0. The standard InChI is InChI=1S/C25H25ClN6O4/c1-5-32-11-17(21(33)15-8-6-13(4)27-22(15)32)23(34)29-19(12(2)3)25(36)31-30-20-16-10-14(26)7-9-18(16)28-24(20)35/h6-12,19,28,35H,5H2,1-4H3,(H,29,34). The van der Waals surface area contributed by atoms with E-state index in [1.165, 1.54) is 6.20 Å². The average molecular weight is 509 g/mol. The largest absolute Gasteiger partial charge is 0.493 e. The maximum atomic E-state index is 13.1. The van der Waals surface area contributed by atoms with Gasteiger partial charge in [0.1, 0.15) is 17.3 Å². The maximum absolute atomic E-state index is 13.1. The van der Waals surface area contributed by atoms with Crippen molar-refractivity contribution in [3.05, 3.63) is 63.0 Å². The van der Waals surface area contributed by atoms with Gasteiger partial charge in [0.05, 0.1) is 10.9 Å². The number of amides is 2. The molecule has 0 radical (unpaired) electrons. The number of rotatable bonds is 6. The number of carbonyl (C=O) groups is 2. The van der Waals surface area contributed by atoms with E-state index in [4.69, 9.17) is 11.6 Å². The lowest BCUT2D eigenvalue weighted by Crippen LogP contribution is -2.45. The highest BCUT2D eigenvalue weighted by Crippen LogP contribution is 2.36. The first kappa shape index (κ1) is 25.1. The summed E-state index contributed by atoms with van der Waals surface area (Å²) < 4.78 is 1.72. The molecule has 4 aromatic rings. The topological polar surface area (TPSA) is 142 Å². The van der Waals surface area contributed by atoms with E-state index in [1.54, 1.807) is 48.7 Å². The van der Waals surface area contributed by atoms with Crippen molar-refractivity contribution in [3.8, 4) is 5.88 Å². The van der Waals surface area contributed by atoms with E-state index in [9.17, 15) is 19.5 Å². The maximum Gasteiger partial charge on any atom is 0.287 e. The number of aromatic nitrogens is 3. The van der Waals surface area contributed by atoms with Crippen LogP contribution in [-0.4, -0.2) is 37.5 Å². The molecule has 3 aromatic heterocycles. The number of fused-ring (bicyclic) bond motifs is 2. The van der Waals surface area contributed by atoms with Crippen LogP contribution in [0.3, 0.4) is 0 Å². The first-order chi connectivity index (χ1) is 17.1. The van der Waals surface area contributed by atoms with Gasteiger partial charge in [-0.25, -0.2) is 4.98 Å². The van der Waals surface area contributed by atoms with E-state index in [-0.39, 0.29) is 23.0 Å². The molecule has 0 saturated carbocycles. The van der Waals surface area contributed by atoms with Crippen LogP contribution in [-0.2, 0) is 11.3 Å². The third-order valence-corrected chi connectivity index (χ3v) is 6.06. The number of nitrogens with one attached hydrogen (secondary N) is 2. The van der Waals surface area contributed by atoms with Gasteiger partial charge in [-0.2, -0.15) is 0 Å². The molecule has 36 heavy (non-hydrogen) atoms. The summed E-state index contributed by atoms with van der Waals surface area (Å²) in [6, 6.07) is 7.19. The molecule has 1 unspecified atom stereocenters. The summed E-state index contributed by atoms with van der Waals surface area (Å²) in [5.74, 6) is -2.06. The number of hydrogen-bond donors (Lipinski definition) is 3. The number of hydrogen-bond acceptors (Lipinski definition) is 6. The highest BCUT2D eigenvalue weighted by molar-refractivity contribution is 6.31. The second kappa shape index (κ2) is 9.90. The van der Waals surface area contributed by atoms with Gasteiger partial charge in [0.15, 0.2) is 5.69 Å². The third kappa shape index (κ3) is 4.72. The number of aromatic hydroxyl groups is 1. The van der Waals surface area contributed by atoms with E-state index in [0.717, 1.165) is 5.69 Å². The Labute approximate surface area is 211 Å². The van der Waals surface area contributed by atoms with Crippen molar-refractivity contribution in [3.63, 3.8) is 0 Å². The van der Waals surface area contributed by atoms with Crippen LogP contribution < -0.4 is 10.7 Å². The average Bonchev–Trinajstić information content (AvgIpc) is 3.14. The number of nitrogens with zero attached hydrogens (tertiary/aromatic N) is 4. The molecule has 1 atom stereocenters. The van der Waals surface area contributed by atoms with Crippen LogP contribution in [0.2, 0.25) is 5.02 Å². The van der Waals surface area contributed by atoms with Gasteiger partial charge in [-0.05, 0) is 50.1 Å². The predicted octanol–water partition coefficient (Wildman–Crippen LogP) is 4.63. The van der Waals surface area contributed by atoms with Crippen LogP contribution >= 0.6 is 11.6 Å². The second-order valence-corrected chi connectivity index (χ2v) is 9.16. The van der Waals surface area contributed by atoms with Gasteiger partial charge in [0.2, 0.25) is 11.3 Å². The van der Waals surface area contributed by atoms with Crippen molar-refractivity contribution >= 4 is 51.0 Å². The van der Waals surface area contributed by atoms with Crippen molar-refractivity contribution in [2.24, 2.45) is 16.1 Å². The van der Waals surface area contributed by atoms with Crippen molar-refractivity contribution in [1.82, 2.24) is 19.9 Å². The summed E-state index contributed by atoms with van der Waals surface area (Å²) >= 11 is 6.04. The van der Waals surface area contributed by atoms with E-state index >= 15 is 0 Å². The Morgan fingerprint density at radius 1 is 1.22 bits per heavy atom. The van der Waals surface area contributed by atoms with E-state index in [1.807, 2.05) is 13.8 Å². The normalized spacial score (nSPS) is 12.6. The van der Waals surface area contributed by atoms with Crippen LogP contribution in [0.4, 0.5) is 5.69 Å². The third-order valence-electron chi connectivity index (χ3n) is 5.83. The van der Waals surface area contributed by atoms with Gasteiger partial charge in [0, 0.05) is 28.8 Å². The molecule has 0 aliphatic carbocycles. The Morgan fingerprint density at radius 3 is 2.67 bits per heavy atom. The molecule has 0 aliphatic rings. The lowest BCUT2D eigenvalue weighted by Gasteiger charge is -2.19. The van der Waals surface area contributed by atoms with Crippen molar-refractivity contribution < 1.29 is 14.7 Å². The molecule has 0 fully saturated rings. The zero-order valence-electron chi connectivity index (χ0n) is 20.2. The van der Waals surface area contributed by atoms with Crippen LogP contribution in [0, 0.1) is 12.8 Å². The molecule has 186 valence electrons. The fourth-order valence-electron chi connectivity index (χ4n) is 3.89. The Bertz CT molecular complexity index is 1590. The van der Waals surface area contributed by atoms with Gasteiger partial charge in [-0.15, -0.1) is 10.2 Å². The van der Waals surface area contributed by atoms with E-state index in [0.29, 0.717) is 33.5 Å². The van der Waals surface area contributed by atoms with Crippen molar-refractivity contribution in [1.29, 1.82) is 0 Å². The molecule has 0 spiro atoms. The van der Waals surface area contributed by atoms with Gasteiger partial charge in [0.25, 0.3) is 11.8 Å². The first-order valence-electron chi connectivity index (χ1n) is 11.4. The minimum atomic E-state index is -1.06. The molecule has 4 rings (SSSR count). The fourth-order valence-corrected chi connectivity index (χ4v) is 4.07. The number of benzene rings is 1. The van der Waals surface area contributed by atoms with Gasteiger partial charge < -0.3 is 20.0 Å². The molecule has 0 aliphatic heterocycles. The van der Waals surface area contributed by atoms with Crippen LogP contribution in [0.5, 0.6) is 5.88 Å². The molecule has 3 N–H and O–H groups in total. The number of aryl methyl sites for hydroxylation is 2. The number of halogens is 1. The summed E-state index contributed by atoms with van der Waals surface area (Å²) in [6.45, 7) is 7.66. The SMILES string of the molecule is CCn1cc(C(=O)NC(C(=O)N=Nc2c(O)[nH]c3ccc(Cl)cc23)C(C)C)c(=O)c2ccc(C)nc21. The van der Waals surface area contributed by atoms with Gasteiger partial charge in [-0.3, -0.25) is 14.4 Å². The molecule has 10 nitrogen and oxygen atoms in total. The van der Waals surface area contributed by atoms with Crippen LogP contribution in [0.15, 0.2) is 51.6 Å². The number of azo groups is 1. The lowest BCUT2D eigenvalue weighted by molar-refractivity contribution is -0.121. The van der Waals surface area contributed by atoms with Gasteiger partial charge >= 0.3 is 0 Å². The highest BCUT2D eigenvalue weighted by atomic mass is 35.5. The molecule has 2 amide bonds. The molecule has 11 heteroatoms. The zero-order chi connectivity index (χ0) is 26.1. The molecule has 3 heterocycles. The summed E-state index contributed by atoms with van der Waals surface area (Å²) in [5.41, 5.74) is 1.29. The minimum absolute atomic E-state index is 0.0536. The summed E-state index contributed by atoms with van der Waals surface area (Å²) in [5, 5.41) is 21.7. The molecule has 0 saturated heterocycles. The number of pyridine rings is 2. The number of aromatic amines is 1. The summed E-state index contributed by atoms with van der Waals surface area (Å²) in [4.78, 5) is 46.3. The minimum Gasteiger partial charge on any atom is -0.493 e. The summed E-state index contributed by atoms with van der Waals surface area (Å²) in [7, 11) is 0. The fraction of sp³-hybridized carbons (Fsp3) is 0.280. The Balaban J connectivity index is 1.64. The smallest absolute Gasteiger partial charge is 0.287 e. The molecule has 1 aromatic carbocycles. The van der Waals surface area contributed by atoms with E-state index in [2.05, 4.69) is 25.5 Å². The molecular formula is C25H25ClN6O4. The van der Waals surface area contributed by atoms with Gasteiger partial charge in [-0.1, -0.05) is 25.4 Å². The molecule has 0 bridgehead atoms.